The van der Waals surface area contributed by atoms with Crippen LogP contribution in [0.25, 0.3) is 76.5 Å². The number of rotatable bonds is 4. The summed E-state index contributed by atoms with van der Waals surface area (Å²) in [4.78, 5) is 2.42. The van der Waals surface area contributed by atoms with Gasteiger partial charge in [0, 0.05) is 21.7 Å². The summed E-state index contributed by atoms with van der Waals surface area (Å²) < 4.78 is 13.2. The van der Waals surface area contributed by atoms with E-state index in [4.69, 9.17) is 8.83 Å². The van der Waals surface area contributed by atoms with Gasteiger partial charge in [-0.3, -0.25) is 0 Å². The Morgan fingerprint density at radius 1 is 0.340 bits per heavy atom. The maximum absolute atomic E-state index is 6.74. The lowest BCUT2D eigenvalue weighted by Crippen LogP contribution is -2.11. The number of nitrogens with zero attached hydrogens (tertiary/aromatic N) is 1. The summed E-state index contributed by atoms with van der Waals surface area (Å²) in [5, 5.41) is 9.16. The van der Waals surface area contributed by atoms with Crippen molar-refractivity contribution in [2.75, 3.05) is 4.90 Å². The maximum Gasteiger partial charge on any atom is 0.145 e. The van der Waals surface area contributed by atoms with Gasteiger partial charge in [-0.1, -0.05) is 121 Å². The molecule has 0 amide bonds. The molecule has 0 aliphatic heterocycles. The van der Waals surface area contributed by atoms with Crippen molar-refractivity contribution >= 4 is 82.5 Å². The van der Waals surface area contributed by atoms with Crippen LogP contribution >= 0.6 is 0 Å². The van der Waals surface area contributed by atoms with E-state index in [1.54, 1.807) is 0 Å². The van der Waals surface area contributed by atoms with E-state index in [-0.39, 0.29) is 0 Å². The zero-order chi connectivity index (χ0) is 30.9. The molecule has 10 rings (SSSR count). The fourth-order valence-electron chi connectivity index (χ4n) is 7.39. The standard InChI is InChI=1S/C44H27NO2/c1-2-12-28(13-3-1)31-26-27-38(43-35-17-7-9-22-40(35)47-44(31)43)45(37-20-11-23-41-42(37)34-16-6-8-21-39(34)46-41)36-19-10-18-32-30-15-5-4-14-29(30)24-25-33(32)36/h1-27H. The minimum Gasteiger partial charge on any atom is -0.456 e. The zero-order valence-corrected chi connectivity index (χ0v) is 25.4. The fraction of sp³-hybridized carbons (Fsp3) is 0. The summed E-state index contributed by atoms with van der Waals surface area (Å²) in [6.45, 7) is 0. The first-order valence-corrected chi connectivity index (χ1v) is 15.9. The number of benzene rings is 8. The third-order valence-corrected chi connectivity index (χ3v) is 9.46. The molecule has 47 heavy (non-hydrogen) atoms. The van der Waals surface area contributed by atoms with Crippen LogP contribution < -0.4 is 4.90 Å². The molecular weight excluding hydrogens is 574 g/mol. The molecule has 0 unspecified atom stereocenters. The molecule has 0 fully saturated rings. The lowest BCUT2D eigenvalue weighted by molar-refractivity contribution is 0.669. The van der Waals surface area contributed by atoms with Gasteiger partial charge < -0.3 is 13.7 Å². The molecule has 0 spiro atoms. The third kappa shape index (κ3) is 3.87. The molecule has 3 heteroatoms. The monoisotopic (exact) mass is 601 g/mol. The predicted octanol–water partition coefficient (Wildman–Crippen LogP) is 12.9. The summed E-state index contributed by atoms with van der Waals surface area (Å²) in [6, 6.07) is 57.8. The number of anilines is 3. The van der Waals surface area contributed by atoms with E-state index in [1.165, 1.54) is 21.5 Å². The minimum atomic E-state index is 0.855. The molecule has 2 heterocycles. The van der Waals surface area contributed by atoms with Gasteiger partial charge in [0.1, 0.15) is 22.3 Å². The first-order chi connectivity index (χ1) is 23.3. The van der Waals surface area contributed by atoms with Gasteiger partial charge in [0.05, 0.1) is 27.8 Å². The van der Waals surface area contributed by atoms with Crippen LogP contribution in [0.5, 0.6) is 0 Å². The molecule has 10 aromatic rings. The van der Waals surface area contributed by atoms with Gasteiger partial charge in [0.25, 0.3) is 0 Å². The molecule has 0 saturated heterocycles. The Labute approximate surface area is 270 Å². The molecule has 220 valence electrons. The lowest BCUT2D eigenvalue weighted by atomic mass is 9.97. The second-order valence-corrected chi connectivity index (χ2v) is 12.0. The second-order valence-electron chi connectivity index (χ2n) is 12.0. The summed E-state index contributed by atoms with van der Waals surface area (Å²) in [5.41, 5.74) is 8.83. The first-order valence-electron chi connectivity index (χ1n) is 15.9. The summed E-state index contributed by atoms with van der Waals surface area (Å²) in [6.07, 6.45) is 0. The zero-order valence-electron chi connectivity index (χ0n) is 25.4. The first kappa shape index (κ1) is 26.0. The van der Waals surface area contributed by atoms with Crippen molar-refractivity contribution in [1.29, 1.82) is 0 Å². The van der Waals surface area contributed by atoms with Crippen LogP contribution in [-0.2, 0) is 0 Å². The van der Waals surface area contributed by atoms with Crippen molar-refractivity contribution in [1.82, 2.24) is 0 Å². The number of fused-ring (bicyclic) bond motifs is 9. The molecule has 0 saturated carbocycles. The van der Waals surface area contributed by atoms with E-state index in [0.717, 1.165) is 72.1 Å². The lowest BCUT2D eigenvalue weighted by Gasteiger charge is -2.28. The van der Waals surface area contributed by atoms with Crippen LogP contribution in [0, 0.1) is 0 Å². The molecule has 2 aromatic heterocycles. The number of para-hydroxylation sites is 2. The van der Waals surface area contributed by atoms with Gasteiger partial charge in [0.2, 0.25) is 0 Å². The molecule has 8 aromatic carbocycles. The van der Waals surface area contributed by atoms with Crippen LogP contribution in [0.2, 0.25) is 0 Å². The van der Waals surface area contributed by atoms with E-state index in [2.05, 4.69) is 150 Å². The molecule has 0 radical (unpaired) electrons. The van der Waals surface area contributed by atoms with Gasteiger partial charge >= 0.3 is 0 Å². The van der Waals surface area contributed by atoms with E-state index in [0.29, 0.717) is 0 Å². The van der Waals surface area contributed by atoms with Crippen molar-refractivity contribution in [3.05, 3.63) is 164 Å². The Bertz CT molecular complexity index is 2810. The van der Waals surface area contributed by atoms with Gasteiger partial charge in [0.15, 0.2) is 0 Å². The summed E-state index contributed by atoms with van der Waals surface area (Å²) in [7, 11) is 0. The van der Waals surface area contributed by atoms with Crippen molar-refractivity contribution in [2.24, 2.45) is 0 Å². The largest absolute Gasteiger partial charge is 0.456 e. The van der Waals surface area contributed by atoms with Crippen molar-refractivity contribution in [3.63, 3.8) is 0 Å². The topological polar surface area (TPSA) is 29.5 Å². The number of hydrogen-bond donors (Lipinski definition) is 0. The molecule has 0 bridgehead atoms. The molecule has 0 atom stereocenters. The van der Waals surface area contributed by atoms with E-state index < -0.39 is 0 Å². The van der Waals surface area contributed by atoms with Crippen molar-refractivity contribution in [2.45, 2.75) is 0 Å². The van der Waals surface area contributed by atoms with Crippen LogP contribution in [0.15, 0.2) is 173 Å². The quantitative estimate of drug-likeness (QED) is 0.188. The number of furan rings is 2. The molecule has 0 aliphatic carbocycles. The highest BCUT2D eigenvalue weighted by atomic mass is 16.3. The molecule has 0 aliphatic rings. The van der Waals surface area contributed by atoms with E-state index in [9.17, 15) is 0 Å². The van der Waals surface area contributed by atoms with Crippen molar-refractivity contribution in [3.8, 4) is 11.1 Å². The Hall–Kier alpha value is -6.32. The van der Waals surface area contributed by atoms with Crippen LogP contribution in [0.3, 0.4) is 0 Å². The highest BCUT2D eigenvalue weighted by Gasteiger charge is 2.25. The Balaban J connectivity index is 1.37. The Kier molecular flexibility index (Phi) is 5.57. The SMILES string of the molecule is c1ccc(-c2ccc(N(c3cccc4c3ccc3ccccc34)c3cccc4oc5ccccc5c34)c3c2oc2ccccc23)cc1. The molecule has 0 N–H and O–H groups in total. The highest BCUT2D eigenvalue weighted by Crippen LogP contribution is 2.50. The smallest absolute Gasteiger partial charge is 0.145 e. The van der Waals surface area contributed by atoms with Gasteiger partial charge in [-0.15, -0.1) is 0 Å². The fourth-order valence-corrected chi connectivity index (χ4v) is 7.39. The van der Waals surface area contributed by atoms with Gasteiger partial charge in [-0.05, 0) is 64.2 Å². The van der Waals surface area contributed by atoms with Crippen LogP contribution in [-0.4, -0.2) is 0 Å². The van der Waals surface area contributed by atoms with E-state index >= 15 is 0 Å². The minimum absolute atomic E-state index is 0.855. The summed E-state index contributed by atoms with van der Waals surface area (Å²) >= 11 is 0. The van der Waals surface area contributed by atoms with Crippen LogP contribution in [0.1, 0.15) is 0 Å². The third-order valence-electron chi connectivity index (χ3n) is 9.46. The average molecular weight is 602 g/mol. The Morgan fingerprint density at radius 3 is 1.81 bits per heavy atom. The average Bonchev–Trinajstić information content (AvgIpc) is 3.72. The molecule has 3 nitrogen and oxygen atoms in total. The van der Waals surface area contributed by atoms with Crippen LogP contribution in [0.4, 0.5) is 17.1 Å². The maximum atomic E-state index is 6.74. The summed E-state index contributed by atoms with van der Waals surface area (Å²) in [5.74, 6) is 0. The van der Waals surface area contributed by atoms with Gasteiger partial charge in [-0.2, -0.15) is 0 Å². The normalized spacial score (nSPS) is 11.8. The Morgan fingerprint density at radius 2 is 0.957 bits per heavy atom. The molecular formula is C44H27NO2. The van der Waals surface area contributed by atoms with Gasteiger partial charge in [-0.25, -0.2) is 0 Å². The van der Waals surface area contributed by atoms with Crippen molar-refractivity contribution < 1.29 is 8.83 Å². The predicted molar refractivity (Wildman–Crippen MR) is 196 cm³/mol. The second kappa shape index (κ2) is 10.1. The highest BCUT2D eigenvalue weighted by molar-refractivity contribution is 6.22. The van der Waals surface area contributed by atoms with E-state index in [1.807, 2.05) is 18.2 Å². The number of hydrogen-bond acceptors (Lipinski definition) is 3.